The molecule has 1 aromatic carbocycles. The molecular weight excluding hydrogens is 290 g/mol. The molecule has 5 aromatic rings. The molecular formula is C18H11N3O2. The van der Waals surface area contributed by atoms with Crippen LogP contribution in [0.4, 0.5) is 0 Å². The van der Waals surface area contributed by atoms with Gasteiger partial charge in [0.15, 0.2) is 11.4 Å². The molecule has 0 saturated heterocycles. The molecule has 23 heavy (non-hydrogen) atoms. The van der Waals surface area contributed by atoms with Gasteiger partial charge in [-0.25, -0.2) is 9.50 Å². The van der Waals surface area contributed by atoms with Crippen LogP contribution in [-0.4, -0.2) is 14.6 Å². The van der Waals surface area contributed by atoms with E-state index < -0.39 is 0 Å². The molecule has 5 nitrogen and oxygen atoms in total. The Morgan fingerprint density at radius 1 is 0.826 bits per heavy atom. The Bertz CT molecular complexity index is 1110. The third-order valence-corrected chi connectivity index (χ3v) is 3.83. The first-order chi connectivity index (χ1) is 11.4. The molecule has 0 unspecified atom stereocenters. The first-order valence-corrected chi connectivity index (χ1v) is 7.26. The molecule has 0 aliphatic rings. The predicted molar refractivity (Wildman–Crippen MR) is 85.9 cm³/mol. The standard InChI is InChI=1S/C18H11N3O2/c1-2-6-14-13(5-1)19-17-11-12(15-7-3-9-22-15)18(20-21(14)17)16-8-4-10-23-16/h1-11H. The van der Waals surface area contributed by atoms with Gasteiger partial charge in [0, 0.05) is 0 Å². The maximum Gasteiger partial charge on any atom is 0.155 e. The third-order valence-electron chi connectivity index (χ3n) is 3.83. The molecule has 0 fully saturated rings. The van der Waals surface area contributed by atoms with Crippen LogP contribution in [0.3, 0.4) is 0 Å². The minimum atomic E-state index is 0.691. The third kappa shape index (κ3) is 1.80. The Kier molecular flexibility index (Phi) is 2.43. The van der Waals surface area contributed by atoms with Gasteiger partial charge < -0.3 is 8.83 Å². The van der Waals surface area contributed by atoms with Crippen LogP contribution in [0.5, 0.6) is 0 Å². The number of fused-ring (bicyclic) bond motifs is 3. The summed E-state index contributed by atoms with van der Waals surface area (Å²) in [6.07, 6.45) is 3.28. The first kappa shape index (κ1) is 12.2. The summed E-state index contributed by atoms with van der Waals surface area (Å²) < 4.78 is 13.0. The van der Waals surface area contributed by atoms with Crippen molar-refractivity contribution in [3.8, 4) is 22.8 Å². The summed E-state index contributed by atoms with van der Waals surface area (Å²) in [6, 6.07) is 17.4. The Balaban J connectivity index is 1.91. The number of furan rings is 2. The second-order valence-corrected chi connectivity index (χ2v) is 5.23. The van der Waals surface area contributed by atoms with Gasteiger partial charge in [-0.3, -0.25) is 0 Å². The van der Waals surface area contributed by atoms with E-state index in [1.165, 1.54) is 0 Å². The lowest BCUT2D eigenvalue weighted by molar-refractivity contribution is 0.572. The van der Waals surface area contributed by atoms with E-state index in [0.717, 1.165) is 33.7 Å². The van der Waals surface area contributed by atoms with E-state index >= 15 is 0 Å². The summed E-state index contributed by atoms with van der Waals surface area (Å²) in [5.41, 5.74) is 4.21. The highest BCUT2D eigenvalue weighted by Gasteiger charge is 2.17. The van der Waals surface area contributed by atoms with Crippen molar-refractivity contribution in [2.45, 2.75) is 0 Å². The maximum absolute atomic E-state index is 5.56. The van der Waals surface area contributed by atoms with Crippen LogP contribution >= 0.6 is 0 Å². The average Bonchev–Trinajstić information content (AvgIpc) is 3.33. The van der Waals surface area contributed by atoms with Gasteiger partial charge in [-0.2, -0.15) is 5.10 Å². The number of benzene rings is 1. The molecule has 0 radical (unpaired) electrons. The number of hydrogen-bond donors (Lipinski definition) is 0. The fourth-order valence-corrected chi connectivity index (χ4v) is 2.80. The molecule has 5 rings (SSSR count). The van der Waals surface area contributed by atoms with Gasteiger partial charge in [-0.1, -0.05) is 12.1 Å². The Morgan fingerprint density at radius 2 is 1.61 bits per heavy atom. The van der Waals surface area contributed by atoms with Crippen LogP contribution in [0, 0.1) is 0 Å². The van der Waals surface area contributed by atoms with Crippen LogP contribution in [0.15, 0.2) is 76.0 Å². The number of imidazole rings is 1. The summed E-state index contributed by atoms with van der Waals surface area (Å²) in [7, 11) is 0. The van der Waals surface area contributed by atoms with Gasteiger partial charge in [-0.05, 0) is 42.5 Å². The van der Waals surface area contributed by atoms with E-state index in [4.69, 9.17) is 13.9 Å². The normalized spacial score (nSPS) is 11.5. The SMILES string of the molecule is c1coc(-c2cc3nc4ccccc4n3nc2-c2ccco2)c1. The second-order valence-electron chi connectivity index (χ2n) is 5.23. The van der Waals surface area contributed by atoms with Crippen molar-refractivity contribution in [3.63, 3.8) is 0 Å². The zero-order valence-electron chi connectivity index (χ0n) is 12.0. The monoisotopic (exact) mass is 301 g/mol. The van der Waals surface area contributed by atoms with Gasteiger partial charge in [0.2, 0.25) is 0 Å². The van der Waals surface area contributed by atoms with E-state index in [1.54, 1.807) is 12.5 Å². The highest BCUT2D eigenvalue weighted by molar-refractivity contribution is 5.84. The molecule has 5 heteroatoms. The van der Waals surface area contributed by atoms with E-state index in [-0.39, 0.29) is 0 Å². The molecule has 4 heterocycles. The molecule has 0 bridgehead atoms. The van der Waals surface area contributed by atoms with Crippen molar-refractivity contribution in [3.05, 3.63) is 67.1 Å². The van der Waals surface area contributed by atoms with Crippen molar-refractivity contribution in [1.82, 2.24) is 14.6 Å². The molecule has 4 aromatic heterocycles. The lowest BCUT2D eigenvalue weighted by Gasteiger charge is -2.05. The number of aromatic nitrogens is 3. The van der Waals surface area contributed by atoms with Crippen molar-refractivity contribution >= 4 is 16.7 Å². The van der Waals surface area contributed by atoms with Gasteiger partial charge in [0.05, 0.1) is 29.1 Å². The zero-order chi connectivity index (χ0) is 15.2. The summed E-state index contributed by atoms with van der Waals surface area (Å²) in [4.78, 5) is 4.64. The number of para-hydroxylation sites is 2. The lowest BCUT2D eigenvalue weighted by Crippen LogP contribution is -1.97. The van der Waals surface area contributed by atoms with Crippen LogP contribution in [0.2, 0.25) is 0 Å². The van der Waals surface area contributed by atoms with Crippen molar-refractivity contribution in [1.29, 1.82) is 0 Å². The van der Waals surface area contributed by atoms with E-state index in [1.807, 2.05) is 59.1 Å². The van der Waals surface area contributed by atoms with E-state index in [0.29, 0.717) is 5.76 Å². The van der Waals surface area contributed by atoms with Crippen molar-refractivity contribution in [2.24, 2.45) is 0 Å². The highest BCUT2D eigenvalue weighted by Crippen LogP contribution is 2.32. The molecule has 0 N–H and O–H groups in total. The fraction of sp³-hybridized carbons (Fsp3) is 0. The first-order valence-electron chi connectivity index (χ1n) is 7.26. The van der Waals surface area contributed by atoms with Crippen molar-refractivity contribution in [2.75, 3.05) is 0 Å². The molecule has 110 valence electrons. The topological polar surface area (TPSA) is 56.5 Å². The van der Waals surface area contributed by atoms with Crippen LogP contribution < -0.4 is 0 Å². The Labute approximate surface area is 130 Å². The highest BCUT2D eigenvalue weighted by atomic mass is 16.3. The minimum Gasteiger partial charge on any atom is -0.464 e. The smallest absolute Gasteiger partial charge is 0.155 e. The summed E-state index contributed by atoms with van der Waals surface area (Å²) in [6.45, 7) is 0. The second kappa shape index (κ2) is 4.58. The molecule has 0 saturated carbocycles. The lowest BCUT2D eigenvalue weighted by atomic mass is 10.1. The van der Waals surface area contributed by atoms with Crippen molar-refractivity contribution < 1.29 is 8.83 Å². The molecule has 0 spiro atoms. The van der Waals surface area contributed by atoms with Crippen LogP contribution in [0.25, 0.3) is 39.5 Å². The maximum atomic E-state index is 5.56. The molecule has 0 aliphatic heterocycles. The Morgan fingerprint density at radius 3 is 2.39 bits per heavy atom. The molecule has 0 amide bonds. The minimum absolute atomic E-state index is 0.691. The summed E-state index contributed by atoms with van der Waals surface area (Å²) in [5, 5.41) is 4.76. The summed E-state index contributed by atoms with van der Waals surface area (Å²) in [5.74, 6) is 1.43. The summed E-state index contributed by atoms with van der Waals surface area (Å²) >= 11 is 0. The quantitative estimate of drug-likeness (QED) is 0.485. The van der Waals surface area contributed by atoms with Gasteiger partial charge in [-0.15, -0.1) is 0 Å². The predicted octanol–water partition coefficient (Wildman–Crippen LogP) is 4.40. The number of nitrogens with zero attached hydrogens (tertiary/aromatic N) is 3. The fourth-order valence-electron chi connectivity index (χ4n) is 2.80. The van der Waals surface area contributed by atoms with Gasteiger partial charge in [0.1, 0.15) is 11.5 Å². The number of hydrogen-bond acceptors (Lipinski definition) is 4. The Hall–Kier alpha value is -3.34. The van der Waals surface area contributed by atoms with Gasteiger partial charge in [0.25, 0.3) is 0 Å². The molecule has 0 atom stereocenters. The van der Waals surface area contributed by atoms with Gasteiger partial charge >= 0.3 is 0 Å². The average molecular weight is 301 g/mol. The molecule has 0 aliphatic carbocycles. The van der Waals surface area contributed by atoms with Crippen LogP contribution in [0.1, 0.15) is 0 Å². The number of rotatable bonds is 2. The van der Waals surface area contributed by atoms with E-state index in [9.17, 15) is 0 Å². The van der Waals surface area contributed by atoms with E-state index in [2.05, 4.69) is 4.98 Å². The zero-order valence-corrected chi connectivity index (χ0v) is 12.0. The largest absolute Gasteiger partial charge is 0.464 e. The van der Waals surface area contributed by atoms with Crippen LogP contribution in [-0.2, 0) is 0 Å².